The molecule has 0 aliphatic carbocycles. The zero-order valence-electron chi connectivity index (χ0n) is 13.4. The van der Waals surface area contributed by atoms with E-state index in [0.29, 0.717) is 12.5 Å². The summed E-state index contributed by atoms with van der Waals surface area (Å²) in [7, 11) is 0. The Balaban J connectivity index is 1.40. The van der Waals surface area contributed by atoms with E-state index in [1.165, 1.54) is 57.9 Å². The smallest absolute Gasteiger partial charge is 0.236 e. The second kappa shape index (κ2) is 7.59. The third-order valence-corrected chi connectivity index (χ3v) is 5.62. The number of carbonyl (C=O) groups is 1. The summed E-state index contributed by atoms with van der Waals surface area (Å²) in [6.07, 6.45) is 10.2. The fourth-order valence-corrected chi connectivity index (χ4v) is 4.24. The minimum atomic E-state index is 0.370. The summed E-state index contributed by atoms with van der Waals surface area (Å²) in [6.45, 7) is 6.07. The number of hydrogen-bond acceptors (Lipinski definition) is 3. The average molecular weight is 293 g/mol. The highest BCUT2D eigenvalue weighted by Crippen LogP contribution is 2.25. The molecular weight excluding hydrogens is 262 g/mol. The van der Waals surface area contributed by atoms with E-state index in [4.69, 9.17) is 0 Å². The molecule has 3 aliphatic heterocycles. The Morgan fingerprint density at radius 3 is 2.24 bits per heavy atom. The minimum absolute atomic E-state index is 0.370. The van der Waals surface area contributed by atoms with Gasteiger partial charge in [-0.15, -0.1) is 0 Å². The van der Waals surface area contributed by atoms with E-state index >= 15 is 0 Å². The zero-order chi connectivity index (χ0) is 14.5. The van der Waals surface area contributed by atoms with Crippen molar-refractivity contribution in [2.75, 3.05) is 39.3 Å². The molecule has 0 aromatic carbocycles. The molecule has 0 bridgehead atoms. The number of hydrogen-bond donors (Lipinski definition) is 1. The van der Waals surface area contributed by atoms with Crippen molar-refractivity contribution in [1.82, 2.24) is 15.1 Å². The van der Waals surface area contributed by atoms with Crippen LogP contribution in [0.2, 0.25) is 0 Å². The van der Waals surface area contributed by atoms with E-state index in [0.717, 1.165) is 38.1 Å². The van der Waals surface area contributed by atoms with Crippen LogP contribution in [0.15, 0.2) is 0 Å². The van der Waals surface area contributed by atoms with Crippen LogP contribution in [0.5, 0.6) is 0 Å². The first kappa shape index (κ1) is 15.3. The van der Waals surface area contributed by atoms with Gasteiger partial charge in [-0.3, -0.25) is 9.69 Å². The van der Waals surface area contributed by atoms with E-state index in [1.54, 1.807) is 0 Å². The quantitative estimate of drug-likeness (QED) is 0.862. The number of nitrogens with zero attached hydrogens (tertiary/aromatic N) is 2. The van der Waals surface area contributed by atoms with E-state index in [1.807, 2.05) is 0 Å². The number of amides is 1. The van der Waals surface area contributed by atoms with E-state index in [2.05, 4.69) is 15.1 Å². The Hall–Kier alpha value is -0.610. The van der Waals surface area contributed by atoms with Gasteiger partial charge < -0.3 is 10.2 Å². The maximum atomic E-state index is 12.4. The maximum Gasteiger partial charge on any atom is 0.236 e. The molecule has 4 heteroatoms. The molecule has 21 heavy (non-hydrogen) atoms. The highest BCUT2D eigenvalue weighted by atomic mass is 16.2. The third-order valence-electron chi connectivity index (χ3n) is 5.62. The van der Waals surface area contributed by atoms with Crippen LogP contribution in [-0.4, -0.2) is 61.0 Å². The van der Waals surface area contributed by atoms with Crippen LogP contribution < -0.4 is 5.32 Å². The van der Waals surface area contributed by atoms with Gasteiger partial charge in [0.15, 0.2) is 0 Å². The van der Waals surface area contributed by atoms with Crippen LogP contribution in [0.1, 0.15) is 51.4 Å². The number of likely N-dealkylation sites (tertiary alicyclic amines) is 2. The fourth-order valence-electron chi connectivity index (χ4n) is 4.24. The van der Waals surface area contributed by atoms with Crippen molar-refractivity contribution in [3.8, 4) is 0 Å². The topological polar surface area (TPSA) is 35.6 Å². The first-order valence-electron chi connectivity index (χ1n) is 9.06. The summed E-state index contributed by atoms with van der Waals surface area (Å²) >= 11 is 0. The lowest BCUT2D eigenvalue weighted by atomic mass is 9.88. The summed E-state index contributed by atoms with van der Waals surface area (Å²) in [5, 5.41) is 3.65. The molecule has 3 fully saturated rings. The number of rotatable bonds is 3. The van der Waals surface area contributed by atoms with Gasteiger partial charge in [0.25, 0.3) is 0 Å². The molecule has 0 aromatic heterocycles. The lowest BCUT2D eigenvalue weighted by Gasteiger charge is -2.35. The van der Waals surface area contributed by atoms with Crippen LogP contribution in [0.3, 0.4) is 0 Å². The molecule has 1 unspecified atom stereocenters. The average Bonchev–Trinajstić information content (AvgIpc) is 2.90. The molecular formula is C17H31N3O. The molecule has 3 rings (SSSR count). The van der Waals surface area contributed by atoms with E-state index in [9.17, 15) is 4.79 Å². The summed E-state index contributed by atoms with van der Waals surface area (Å²) in [4.78, 5) is 16.9. The highest BCUT2D eigenvalue weighted by Gasteiger charge is 2.29. The van der Waals surface area contributed by atoms with Crippen molar-refractivity contribution >= 4 is 5.91 Å². The van der Waals surface area contributed by atoms with E-state index in [-0.39, 0.29) is 0 Å². The standard InChI is InChI=1S/C17H31N3O/c21-17(20-10-3-1-2-4-11-20)14-19-12-7-15(8-13-19)16-6-5-9-18-16/h15-16,18H,1-14H2. The molecule has 1 N–H and O–H groups in total. The Bertz CT molecular complexity index is 325. The largest absolute Gasteiger partial charge is 0.342 e. The van der Waals surface area contributed by atoms with Crippen molar-refractivity contribution in [2.45, 2.75) is 57.4 Å². The monoisotopic (exact) mass is 293 g/mol. The number of nitrogens with one attached hydrogen (secondary N) is 1. The molecule has 0 spiro atoms. The van der Waals surface area contributed by atoms with Gasteiger partial charge in [0.2, 0.25) is 5.91 Å². The van der Waals surface area contributed by atoms with Crippen molar-refractivity contribution in [1.29, 1.82) is 0 Å². The molecule has 0 radical (unpaired) electrons. The van der Waals surface area contributed by atoms with Gasteiger partial charge >= 0.3 is 0 Å². The predicted molar refractivity (Wildman–Crippen MR) is 85.2 cm³/mol. The van der Waals surface area contributed by atoms with Crippen LogP contribution in [-0.2, 0) is 4.79 Å². The second-order valence-corrected chi connectivity index (χ2v) is 7.11. The first-order chi connectivity index (χ1) is 10.3. The van der Waals surface area contributed by atoms with Crippen molar-refractivity contribution in [3.63, 3.8) is 0 Å². The summed E-state index contributed by atoms with van der Waals surface area (Å²) in [5.41, 5.74) is 0. The summed E-state index contributed by atoms with van der Waals surface area (Å²) in [6, 6.07) is 0.758. The summed E-state index contributed by atoms with van der Waals surface area (Å²) in [5.74, 6) is 1.21. The van der Waals surface area contributed by atoms with Gasteiger partial charge in [-0.2, -0.15) is 0 Å². The summed E-state index contributed by atoms with van der Waals surface area (Å²) < 4.78 is 0. The predicted octanol–water partition coefficient (Wildman–Crippen LogP) is 1.85. The molecule has 0 aromatic rings. The lowest BCUT2D eigenvalue weighted by molar-refractivity contribution is -0.132. The SMILES string of the molecule is O=C(CN1CCC(C2CCCN2)CC1)N1CCCCCC1. The van der Waals surface area contributed by atoms with Crippen LogP contribution in [0.4, 0.5) is 0 Å². The number of piperidine rings is 1. The third kappa shape index (κ3) is 4.19. The Kier molecular flexibility index (Phi) is 5.53. The second-order valence-electron chi connectivity index (χ2n) is 7.11. The Morgan fingerprint density at radius 2 is 1.62 bits per heavy atom. The maximum absolute atomic E-state index is 12.4. The molecule has 3 aliphatic rings. The molecule has 0 saturated carbocycles. The van der Waals surface area contributed by atoms with Crippen molar-refractivity contribution in [2.24, 2.45) is 5.92 Å². The first-order valence-corrected chi connectivity index (χ1v) is 9.06. The number of carbonyl (C=O) groups excluding carboxylic acids is 1. The van der Waals surface area contributed by atoms with Crippen molar-refractivity contribution in [3.05, 3.63) is 0 Å². The van der Waals surface area contributed by atoms with Gasteiger partial charge in [-0.1, -0.05) is 12.8 Å². The lowest BCUT2D eigenvalue weighted by Crippen LogP contribution is -2.46. The highest BCUT2D eigenvalue weighted by molar-refractivity contribution is 5.78. The van der Waals surface area contributed by atoms with Crippen molar-refractivity contribution < 1.29 is 4.79 Å². The molecule has 1 atom stereocenters. The Morgan fingerprint density at radius 1 is 0.905 bits per heavy atom. The molecule has 120 valence electrons. The van der Waals surface area contributed by atoms with E-state index < -0.39 is 0 Å². The van der Waals surface area contributed by atoms with Gasteiger partial charge in [0.05, 0.1) is 6.54 Å². The zero-order valence-corrected chi connectivity index (χ0v) is 13.4. The fraction of sp³-hybridized carbons (Fsp3) is 0.941. The van der Waals surface area contributed by atoms with Gasteiger partial charge in [0, 0.05) is 19.1 Å². The van der Waals surface area contributed by atoms with Crippen LogP contribution in [0, 0.1) is 5.92 Å². The molecule has 1 amide bonds. The van der Waals surface area contributed by atoms with Gasteiger partial charge in [-0.25, -0.2) is 0 Å². The van der Waals surface area contributed by atoms with Crippen LogP contribution in [0.25, 0.3) is 0 Å². The molecule has 3 heterocycles. The molecule has 3 saturated heterocycles. The Labute approximate surface area is 129 Å². The molecule has 4 nitrogen and oxygen atoms in total. The van der Waals surface area contributed by atoms with Gasteiger partial charge in [0.1, 0.15) is 0 Å². The van der Waals surface area contributed by atoms with Crippen LogP contribution >= 0.6 is 0 Å². The normalized spacial score (nSPS) is 29.5. The minimum Gasteiger partial charge on any atom is -0.342 e. The van der Waals surface area contributed by atoms with Gasteiger partial charge in [-0.05, 0) is 64.1 Å².